The number of ether oxygens (including phenoxy) is 1. The third kappa shape index (κ3) is 5.17. The minimum atomic E-state index is -0.0255. The second-order valence-corrected chi connectivity index (χ2v) is 5.09. The fourth-order valence-electron chi connectivity index (χ4n) is 2.15. The highest BCUT2D eigenvalue weighted by molar-refractivity contribution is 6.08. The molecule has 0 atom stereocenters. The molecule has 1 heterocycles. The Kier molecular flexibility index (Phi) is 6.37. The highest BCUT2D eigenvalue weighted by atomic mass is 16.5. The van der Waals surface area contributed by atoms with E-state index >= 15 is 0 Å². The zero-order valence-electron chi connectivity index (χ0n) is 12.5. The van der Waals surface area contributed by atoms with Gasteiger partial charge in [-0.05, 0) is 19.3 Å². The molecule has 1 aliphatic heterocycles. The third-order valence-corrected chi connectivity index (χ3v) is 3.36. The minimum absolute atomic E-state index is 0.0255. The van der Waals surface area contributed by atoms with Crippen molar-refractivity contribution < 1.29 is 14.3 Å². The van der Waals surface area contributed by atoms with Crippen molar-refractivity contribution in [2.45, 2.75) is 25.7 Å². The summed E-state index contributed by atoms with van der Waals surface area (Å²) < 4.78 is 4.76. The van der Waals surface area contributed by atoms with Gasteiger partial charge in [0.2, 0.25) is 0 Å². The molecule has 1 fully saturated rings. The monoisotopic (exact) mass is 296 g/mol. The van der Waals surface area contributed by atoms with Gasteiger partial charge in [-0.1, -0.05) is 60.7 Å². The van der Waals surface area contributed by atoms with Crippen LogP contribution in [0.1, 0.15) is 41.6 Å². The summed E-state index contributed by atoms with van der Waals surface area (Å²) in [5.41, 5.74) is 1.47. The summed E-state index contributed by atoms with van der Waals surface area (Å²) in [7, 11) is 0. The van der Waals surface area contributed by atoms with E-state index < -0.39 is 0 Å². The second kappa shape index (κ2) is 8.78. The van der Waals surface area contributed by atoms with Crippen molar-refractivity contribution in [3.8, 4) is 0 Å². The molecule has 3 nitrogen and oxygen atoms in total. The fraction of sp³-hybridized carbons (Fsp3) is 0.263. The molecule has 1 aliphatic rings. The number of hydrogen-bond acceptors (Lipinski definition) is 3. The van der Waals surface area contributed by atoms with E-state index in [0.29, 0.717) is 13.0 Å². The molecule has 0 spiro atoms. The lowest BCUT2D eigenvalue weighted by atomic mass is 10.0. The molecule has 22 heavy (non-hydrogen) atoms. The molecule has 0 aromatic heterocycles. The molecule has 0 N–H and O–H groups in total. The zero-order chi connectivity index (χ0) is 15.6. The molecule has 0 amide bonds. The van der Waals surface area contributed by atoms with Crippen LogP contribution in [0, 0.1) is 0 Å². The number of esters is 1. The van der Waals surface area contributed by atoms with Crippen molar-refractivity contribution in [3.63, 3.8) is 0 Å². The van der Waals surface area contributed by atoms with Crippen LogP contribution < -0.4 is 0 Å². The lowest BCUT2D eigenvalue weighted by molar-refractivity contribution is -0.142. The van der Waals surface area contributed by atoms with Crippen LogP contribution in [0.4, 0.5) is 0 Å². The number of hydrogen-bond donors (Lipinski definition) is 0. The van der Waals surface area contributed by atoms with Gasteiger partial charge < -0.3 is 4.74 Å². The molecular weight excluding hydrogens is 276 g/mol. The molecule has 0 aliphatic carbocycles. The number of benzene rings is 2. The summed E-state index contributed by atoms with van der Waals surface area (Å²) in [6, 6.07) is 18.6. The van der Waals surface area contributed by atoms with Gasteiger partial charge in [0.25, 0.3) is 0 Å². The number of rotatable bonds is 2. The van der Waals surface area contributed by atoms with Gasteiger partial charge in [0, 0.05) is 17.5 Å². The minimum Gasteiger partial charge on any atom is -0.466 e. The molecule has 0 unspecified atom stereocenters. The smallest absolute Gasteiger partial charge is 0.305 e. The zero-order valence-corrected chi connectivity index (χ0v) is 12.5. The van der Waals surface area contributed by atoms with Gasteiger partial charge in [-0.2, -0.15) is 0 Å². The quantitative estimate of drug-likeness (QED) is 0.621. The van der Waals surface area contributed by atoms with Crippen LogP contribution in [0.15, 0.2) is 60.7 Å². The van der Waals surface area contributed by atoms with Gasteiger partial charge in [-0.3, -0.25) is 9.59 Å². The number of cyclic esters (lactones) is 1. The van der Waals surface area contributed by atoms with Gasteiger partial charge in [0.05, 0.1) is 6.61 Å². The predicted molar refractivity (Wildman–Crippen MR) is 85.7 cm³/mol. The van der Waals surface area contributed by atoms with Crippen LogP contribution in [0.25, 0.3) is 0 Å². The van der Waals surface area contributed by atoms with E-state index in [2.05, 4.69) is 0 Å². The molecule has 0 saturated carbocycles. The Hall–Kier alpha value is -2.42. The van der Waals surface area contributed by atoms with Crippen molar-refractivity contribution in [1.29, 1.82) is 0 Å². The molecule has 3 heteroatoms. The first-order valence-electron chi connectivity index (χ1n) is 7.58. The van der Waals surface area contributed by atoms with E-state index in [0.717, 1.165) is 30.4 Å². The van der Waals surface area contributed by atoms with Crippen molar-refractivity contribution >= 4 is 11.8 Å². The van der Waals surface area contributed by atoms with Crippen molar-refractivity contribution in [2.75, 3.05) is 6.61 Å². The Labute approximate surface area is 130 Å². The summed E-state index contributed by atoms with van der Waals surface area (Å²) in [5.74, 6) is 0.0497. The van der Waals surface area contributed by atoms with E-state index in [1.54, 1.807) is 0 Å². The first-order valence-corrected chi connectivity index (χ1v) is 7.58. The molecule has 2 aromatic rings. The first-order chi connectivity index (χ1) is 10.8. The Bertz CT molecular complexity index is 539. The largest absolute Gasteiger partial charge is 0.466 e. The maximum Gasteiger partial charge on any atom is 0.305 e. The summed E-state index contributed by atoms with van der Waals surface area (Å²) in [4.78, 5) is 22.3. The third-order valence-electron chi connectivity index (χ3n) is 3.36. The Balaban J connectivity index is 0.000000188. The average molecular weight is 296 g/mol. The average Bonchev–Trinajstić information content (AvgIpc) is 2.84. The van der Waals surface area contributed by atoms with E-state index in [1.165, 1.54) is 0 Å². The lowest BCUT2D eigenvalue weighted by Gasteiger charge is -1.99. The Morgan fingerprint density at radius 3 is 1.86 bits per heavy atom. The number of ketones is 1. The molecule has 114 valence electrons. The van der Waals surface area contributed by atoms with Crippen LogP contribution in [0.3, 0.4) is 0 Å². The van der Waals surface area contributed by atoms with E-state index in [9.17, 15) is 9.59 Å². The van der Waals surface area contributed by atoms with Crippen LogP contribution in [-0.2, 0) is 9.53 Å². The van der Waals surface area contributed by atoms with Crippen LogP contribution in [0.2, 0.25) is 0 Å². The molecule has 1 saturated heterocycles. The Morgan fingerprint density at radius 2 is 1.32 bits per heavy atom. The van der Waals surface area contributed by atoms with E-state index in [4.69, 9.17) is 4.74 Å². The Morgan fingerprint density at radius 1 is 0.773 bits per heavy atom. The first kappa shape index (κ1) is 16.0. The molecule has 3 rings (SSSR count). The van der Waals surface area contributed by atoms with Crippen LogP contribution in [0.5, 0.6) is 0 Å². The lowest BCUT2D eigenvalue weighted by Crippen LogP contribution is -2.00. The highest BCUT2D eigenvalue weighted by Gasteiger charge is 2.06. The molecule has 0 radical (unpaired) electrons. The fourth-order valence-corrected chi connectivity index (χ4v) is 2.15. The van der Waals surface area contributed by atoms with Crippen LogP contribution in [-0.4, -0.2) is 18.4 Å². The highest BCUT2D eigenvalue weighted by Crippen LogP contribution is 2.08. The van der Waals surface area contributed by atoms with Crippen molar-refractivity contribution in [2.24, 2.45) is 0 Å². The van der Waals surface area contributed by atoms with Gasteiger partial charge >= 0.3 is 5.97 Å². The normalized spacial score (nSPS) is 14.1. The topological polar surface area (TPSA) is 43.4 Å². The second-order valence-electron chi connectivity index (χ2n) is 5.09. The number of carbonyl (C=O) groups is 2. The SMILES string of the molecule is O=C(c1ccccc1)c1ccccc1.O=C1CCCCCO1. The van der Waals surface area contributed by atoms with Gasteiger partial charge in [-0.15, -0.1) is 0 Å². The summed E-state index contributed by atoms with van der Waals surface area (Å²) in [5, 5.41) is 0. The molecule has 2 aromatic carbocycles. The standard InChI is InChI=1S/C13H10O.C6H10O2/c14-13(11-7-3-1-4-8-11)12-9-5-2-6-10-12;7-6-4-2-1-3-5-8-6/h1-10H;1-5H2. The van der Waals surface area contributed by atoms with Gasteiger partial charge in [0.1, 0.15) is 0 Å². The van der Waals surface area contributed by atoms with Gasteiger partial charge in [0.15, 0.2) is 5.78 Å². The summed E-state index contributed by atoms with van der Waals surface area (Å²) in [6.07, 6.45) is 3.83. The van der Waals surface area contributed by atoms with E-state index in [-0.39, 0.29) is 11.8 Å². The summed E-state index contributed by atoms with van der Waals surface area (Å²) >= 11 is 0. The molecular formula is C19H20O3. The maximum atomic E-state index is 11.8. The van der Waals surface area contributed by atoms with Gasteiger partial charge in [-0.25, -0.2) is 0 Å². The predicted octanol–water partition coefficient (Wildman–Crippen LogP) is 4.02. The van der Waals surface area contributed by atoms with Crippen LogP contribution >= 0.6 is 0 Å². The van der Waals surface area contributed by atoms with E-state index in [1.807, 2.05) is 60.7 Å². The van der Waals surface area contributed by atoms with Crippen molar-refractivity contribution in [1.82, 2.24) is 0 Å². The summed E-state index contributed by atoms with van der Waals surface area (Å²) in [6.45, 7) is 0.638. The molecule has 0 bridgehead atoms. The maximum absolute atomic E-state index is 11.8. The van der Waals surface area contributed by atoms with Crippen molar-refractivity contribution in [3.05, 3.63) is 71.8 Å². The number of carbonyl (C=O) groups excluding carboxylic acids is 2.